The Hall–Kier alpha value is 0.480. The standard InChI is InChI=1S/C15H30N2S4/c1-10(2)16(11(3)4)14(18)20-9-21-15(19)17(12(5)6)13(7)8/h10-13H,9H2,1-8H3. The Bertz CT molecular complexity index is 293. The lowest BCUT2D eigenvalue weighted by molar-refractivity contribution is 0.303. The molecular weight excluding hydrogens is 336 g/mol. The van der Waals surface area contributed by atoms with Crippen molar-refractivity contribution in [1.82, 2.24) is 9.80 Å². The van der Waals surface area contributed by atoms with Crippen molar-refractivity contribution >= 4 is 56.6 Å². The maximum Gasteiger partial charge on any atom is 0.137 e. The number of rotatable bonds is 6. The van der Waals surface area contributed by atoms with E-state index in [0.717, 1.165) is 13.7 Å². The number of thioether (sulfide) groups is 2. The molecule has 0 aromatic heterocycles. The van der Waals surface area contributed by atoms with Crippen molar-refractivity contribution in [2.75, 3.05) is 5.08 Å². The second-order valence-electron chi connectivity index (χ2n) is 6.13. The SMILES string of the molecule is CC(C)N(C(=S)SCSC(=S)N(C(C)C)C(C)C)C(C)C. The minimum atomic E-state index is 0.435. The van der Waals surface area contributed by atoms with Crippen molar-refractivity contribution in [2.24, 2.45) is 0 Å². The van der Waals surface area contributed by atoms with Gasteiger partial charge in [-0.25, -0.2) is 0 Å². The van der Waals surface area contributed by atoms with Gasteiger partial charge in [0.15, 0.2) is 0 Å². The van der Waals surface area contributed by atoms with Crippen molar-refractivity contribution in [3.63, 3.8) is 0 Å². The van der Waals surface area contributed by atoms with Crippen LogP contribution < -0.4 is 0 Å². The summed E-state index contributed by atoms with van der Waals surface area (Å²) in [7, 11) is 0. The van der Waals surface area contributed by atoms with E-state index in [1.54, 1.807) is 23.5 Å². The first kappa shape index (κ1) is 21.5. The first-order chi connectivity index (χ1) is 9.59. The van der Waals surface area contributed by atoms with Crippen LogP contribution in [0.1, 0.15) is 55.4 Å². The van der Waals surface area contributed by atoms with Crippen molar-refractivity contribution in [3.05, 3.63) is 0 Å². The summed E-state index contributed by atoms with van der Waals surface area (Å²) in [6, 6.07) is 1.74. The zero-order valence-electron chi connectivity index (χ0n) is 14.5. The maximum atomic E-state index is 5.57. The van der Waals surface area contributed by atoms with E-state index in [1.807, 2.05) is 0 Å². The minimum Gasteiger partial charge on any atom is -0.353 e. The third kappa shape index (κ3) is 7.53. The molecule has 0 radical (unpaired) electrons. The monoisotopic (exact) mass is 366 g/mol. The summed E-state index contributed by atoms with van der Waals surface area (Å²) < 4.78 is 1.94. The lowest BCUT2D eigenvalue weighted by atomic mass is 10.2. The van der Waals surface area contributed by atoms with E-state index in [-0.39, 0.29) is 0 Å². The molecule has 0 aliphatic carbocycles. The summed E-state index contributed by atoms with van der Waals surface area (Å²) in [4.78, 5) is 4.57. The Labute approximate surface area is 150 Å². The number of thiocarbonyl (C=S) groups is 2. The molecule has 6 heteroatoms. The van der Waals surface area contributed by atoms with E-state index in [1.165, 1.54) is 0 Å². The highest BCUT2D eigenvalue weighted by atomic mass is 32.2. The topological polar surface area (TPSA) is 6.48 Å². The second-order valence-corrected chi connectivity index (χ2v) is 9.71. The average molecular weight is 367 g/mol. The van der Waals surface area contributed by atoms with Gasteiger partial charge in [-0.1, -0.05) is 48.0 Å². The molecule has 0 fully saturated rings. The van der Waals surface area contributed by atoms with Gasteiger partial charge >= 0.3 is 0 Å². The predicted molar refractivity (Wildman–Crippen MR) is 109 cm³/mol. The van der Waals surface area contributed by atoms with E-state index >= 15 is 0 Å². The molecule has 2 nitrogen and oxygen atoms in total. The smallest absolute Gasteiger partial charge is 0.137 e. The number of nitrogens with zero attached hydrogens (tertiary/aromatic N) is 2. The summed E-state index contributed by atoms with van der Waals surface area (Å²) in [6.07, 6.45) is 0. The average Bonchev–Trinajstić information content (AvgIpc) is 2.26. The van der Waals surface area contributed by atoms with Crippen LogP contribution in [0.2, 0.25) is 0 Å². The molecule has 0 bridgehead atoms. The molecule has 0 heterocycles. The van der Waals surface area contributed by atoms with Crippen LogP contribution >= 0.6 is 48.0 Å². The van der Waals surface area contributed by atoms with Crippen LogP contribution in [0.3, 0.4) is 0 Å². The molecule has 0 saturated carbocycles. The highest BCUT2D eigenvalue weighted by Gasteiger charge is 2.19. The molecule has 0 aliphatic heterocycles. The lowest BCUT2D eigenvalue weighted by Crippen LogP contribution is -2.40. The van der Waals surface area contributed by atoms with E-state index in [2.05, 4.69) is 65.2 Å². The fourth-order valence-electron chi connectivity index (χ4n) is 2.32. The molecule has 21 heavy (non-hydrogen) atoms. The van der Waals surface area contributed by atoms with Gasteiger partial charge in [-0.2, -0.15) is 0 Å². The second kappa shape index (κ2) is 10.3. The molecule has 0 amide bonds. The Morgan fingerprint density at radius 2 is 0.905 bits per heavy atom. The van der Waals surface area contributed by atoms with Crippen molar-refractivity contribution < 1.29 is 0 Å². The van der Waals surface area contributed by atoms with E-state index in [9.17, 15) is 0 Å². The maximum absolute atomic E-state index is 5.57. The van der Waals surface area contributed by atoms with Gasteiger partial charge in [-0.15, -0.1) is 0 Å². The molecule has 0 aromatic carbocycles. The van der Waals surface area contributed by atoms with E-state index in [0.29, 0.717) is 24.2 Å². The molecular formula is C15H30N2S4. The van der Waals surface area contributed by atoms with Crippen molar-refractivity contribution in [1.29, 1.82) is 0 Å². The van der Waals surface area contributed by atoms with Crippen LogP contribution in [-0.2, 0) is 0 Å². The fraction of sp³-hybridized carbons (Fsp3) is 0.867. The van der Waals surface area contributed by atoms with E-state index in [4.69, 9.17) is 24.4 Å². The zero-order chi connectivity index (χ0) is 16.7. The molecule has 124 valence electrons. The third-order valence-corrected chi connectivity index (χ3v) is 6.00. The Morgan fingerprint density at radius 3 is 1.10 bits per heavy atom. The van der Waals surface area contributed by atoms with Gasteiger partial charge in [0.2, 0.25) is 0 Å². The number of hydrogen-bond donors (Lipinski definition) is 0. The van der Waals surface area contributed by atoms with Crippen LogP contribution in [-0.4, -0.2) is 47.7 Å². The van der Waals surface area contributed by atoms with Gasteiger partial charge in [0.25, 0.3) is 0 Å². The van der Waals surface area contributed by atoms with Gasteiger partial charge < -0.3 is 9.80 Å². The molecule has 0 rings (SSSR count). The van der Waals surface area contributed by atoms with Crippen LogP contribution in [0.4, 0.5) is 0 Å². The summed E-state index contributed by atoms with van der Waals surface area (Å²) in [5, 5.41) is 0.879. The quantitative estimate of drug-likeness (QED) is 0.466. The van der Waals surface area contributed by atoms with Crippen molar-refractivity contribution in [3.8, 4) is 0 Å². The Balaban J connectivity index is 4.42. The summed E-state index contributed by atoms with van der Waals surface area (Å²) in [5.74, 6) is 0. The Kier molecular flexibility index (Phi) is 10.5. The molecule has 0 aliphatic rings. The summed E-state index contributed by atoms with van der Waals surface area (Å²) >= 11 is 14.6. The molecule has 0 N–H and O–H groups in total. The summed E-state index contributed by atoms with van der Waals surface area (Å²) in [6.45, 7) is 17.5. The summed E-state index contributed by atoms with van der Waals surface area (Å²) in [5.41, 5.74) is 0. The van der Waals surface area contributed by atoms with Crippen molar-refractivity contribution in [2.45, 2.75) is 79.6 Å². The van der Waals surface area contributed by atoms with Gasteiger partial charge in [0, 0.05) is 24.2 Å². The molecule has 0 unspecified atom stereocenters. The van der Waals surface area contributed by atoms with Crippen LogP contribution in [0.5, 0.6) is 0 Å². The van der Waals surface area contributed by atoms with Crippen LogP contribution in [0.15, 0.2) is 0 Å². The number of hydrogen-bond acceptors (Lipinski definition) is 4. The van der Waals surface area contributed by atoms with Crippen LogP contribution in [0.25, 0.3) is 0 Å². The molecule has 0 spiro atoms. The third-order valence-electron chi connectivity index (χ3n) is 3.01. The zero-order valence-corrected chi connectivity index (χ0v) is 17.8. The first-order valence-electron chi connectivity index (χ1n) is 7.49. The normalized spacial score (nSPS) is 11.6. The molecule has 0 atom stereocenters. The highest BCUT2D eigenvalue weighted by molar-refractivity contribution is 8.35. The lowest BCUT2D eigenvalue weighted by Gasteiger charge is -2.34. The molecule has 0 aromatic rings. The van der Waals surface area contributed by atoms with E-state index < -0.39 is 0 Å². The largest absolute Gasteiger partial charge is 0.353 e. The fourth-order valence-corrected chi connectivity index (χ4v) is 6.21. The van der Waals surface area contributed by atoms with Gasteiger partial charge in [-0.3, -0.25) is 0 Å². The predicted octanol–water partition coefficient (Wildman–Crippen LogP) is 5.22. The van der Waals surface area contributed by atoms with Gasteiger partial charge in [0.05, 0.1) is 5.08 Å². The van der Waals surface area contributed by atoms with Gasteiger partial charge in [-0.05, 0) is 55.4 Å². The Morgan fingerprint density at radius 1 is 0.667 bits per heavy atom. The van der Waals surface area contributed by atoms with Gasteiger partial charge in [0.1, 0.15) is 8.64 Å². The highest BCUT2D eigenvalue weighted by Crippen LogP contribution is 2.24. The van der Waals surface area contributed by atoms with Crippen LogP contribution in [0, 0.1) is 0 Å². The molecule has 0 saturated heterocycles. The minimum absolute atomic E-state index is 0.435. The first-order valence-corrected chi connectivity index (χ1v) is 10.3.